The first-order valence-corrected chi connectivity index (χ1v) is 4.87. The number of carbonyl (C=O) groups is 1. The van der Waals surface area contributed by atoms with E-state index in [-0.39, 0.29) is 18.5 Å². The zero-order chi connectivity index (χ0) is 11.3. The van der Waals surface area contributed by atoms with Gasteiger partial charge in [0.05, 0.1) is 0 Å². The van der Waals surface area contributed by atoms with Gasteiger partial charge in [0, 0.05) is 11.7 Å². The molecule has 0 aromatic heterocycles. The molecule has 0 fully saturated rings. The molecule has 0 aliphatic rings. The molecule has 0 saturated heterocycles. The molecule has 0 unspecified atom stereocenters. The van der Waals surface area contributed by atoms with Gasteiger partial charge in [-0.15, -0.1) is 0 Å². The van der Waals surface area contributed by atoms with E-state index in [4.69, 9.17) is 6.57 Å². The number of hydrogen-bond donors (Lipinski definition) is 0. The lowest BCUT2D eigenvalue weighted by atomic mass is 10.2. The van der Waals surface area contributed by atoms with Crippen LogP contribution in [0.1, 0.15) is 13.8 Å². The third-order valence-corrected chi connectivity index (χ3v) is 2.03. The topological polar surface area (TPSA) is 24.7 Å². The second-order valence-corrected chi connectivity index (χ2v) is 3.51. The molecule has 0 radical (unpaired) electrons. The number of para-hydroxylation sites is 1. The van der Waals surface area contributed by atoms with E-state index in [2.05, 4.69) is 4.85 Å². The molecule has 0 atom stereocenters. The van der Waals surface area contributed by atoms with Gasteiger partial charge < -0.3 is 9.74 Å². The Labute approximate surface area is 90.1 Å². The maximum absolute atomic E-state index is 11.7. The SMILES string of the molecule is [C-]#[N+]CC(=O)N(c1ccccc1)C(C)C. The molecule has 3 heteroatoms. The molecule has 0 aliphatic heterocycles. The summed E-state index contributed by atoms with van der Waals surface area (Å²) in [5.41, 5.74) is 0.848. The highest BCUT2D eigenvalue weighted by atomic mass is 16.2. The van der Waals surface area contributed by atoms with E-state index in [9.17, 15) is 4.79 Å². The van der Waals surface area contributed by atoms with Crippen LogP contribution >= 0.6 is 0 Å². The summed E-state index contributed by atoms with van der Waals surface area (Å²) >= 11 is 0. The molecule has 78 valence electrons. The molecule has 1 aromatic rings. The Hall–Kier alpha value is -1.82. The summed E-state index contributed by atoms with van der Waals surface area (Å²) in [4.78, 5) is 16.5. The van der Waals surface area contributed by atoms with Gasteiger partial charge in [-0.1, -0.05) is 18.2 Å². The summed E-state index contributed by atoms with van der Waals surface area (Å²) in [6, 6.07) is 9.50. The Kier molecular flexibility index (Phi) is 3.87. The average Bonchev–Trinajstić information content (AvgIpc) is 2.19. The van der Waals surface area contributed by atoms with Gasteiger partial charge >= 0.3 is 5.91 Å². The van der Waals surface area contributed by atoms with Crippen LogP contribution in [-0.4, -0.2) is 18.5 Å². The fourth-order valence-corrected chi connectivity index (χ4v) is 1.46. The quantitative estimate of drug-likeness (QED) is 0.690. The van der Waals surface area contributed by atoms with E-state index in [0.717, 1.165) is 5.69 Å². The monoisotopic (exact) mass is 202 g/mol. The minimum atomic E-state index is -0.147. The fraction of sp³-hybridized carbons (Fsp3) is 0.333. The molecular weight excluding hydrogens is 188 g/mol. The molecule has 15 heavy (non-hydrogen) atoms. The van der Waals surface area contributed by atoms with E-state index in [1.165, 1.54) is 0 Å². The Morgan fingerprint density at radius 3 is 2.47 bits per heavy atom. The first-order chi connectivity index (χ1) is 7.16. The van der Waals surface area contributed by atoms with Crippen molar-refractivity contribution in [2.24, 2.45) is 0 Å². The van der Waals surface area contributed by atoms with Crippen LogP contribution in [-0.2, 0) is 4.79 Å². The van der Waals surface area contributed by atoms with Crippen LogP contribution in [0.3, 0.4) is 0 Å². The first kappa shape index (κ1) is 11.3. The third kappa shape index (κ3) is 2.81. The van der Waals surface area contributed by atoms with E-state index in [0.29, 0.717) is 0 Å². The van der Waals surface area contributed by atoms with Crippen molar-refractivity contribution in [3.8, 4) is 0 Å². The summed E-state index contributed by atoms with van der Waals surface area (Å²) < 4.78 is 0. The van der Waals surface area contributed by atoms with Crippen molar-refractivity contribution in [2.75, 3.05) is 11.4 Å². The van der Waals surface area contributed by atoms with Crippen LogP contribution in [0.4, 0.5) is 5.69 Å². The van der Waals surface area contributed by atoms with Crippen LogP contribution in [0.25, 0.3) is 4.85 Å². The fourth-order valence-electron chi connectivity index (χ4n) is 1.46. The average molecular weight is 202 g/mol. The highest BCUT2D eigenvalue weighted by Gasteiger charge is 2.20. The number of nitrogens with zero attached hydrogens (tertiary/aromatic N) is 2. The largest absolute Gasteiger partial charge is 0.307 e. The van der Waals surface area contributed by atoms with Crippen LogP contribution in [0.5, 0.6) is 0 Å². The molecule has 1 rings (SSSR count). The summed E-state index contributed by atoms with van der Waals surface area (Å²) in [6.07, 6.45) is 0. The van der Waals surface area contributed by atoms with Crippen molar-refractivity contribution in [3.05, 3.63) is 41.7 Å². The molecule has 0 saturated carbocycles. The van der Waals surface area contributed by atoms with Gasteiger partial charge in [0.2, 0.25) is 0 Å². The number of hydrogen-bond acceptors (Lipinski definition) is 1. The minimum Gasteiger partial charge on any atom is -0.306 e. The predicted octanol–water partition coefficient (Wildman–Crippen LogP) is 2.35. The van der Waals surface area contributed by atoms with Crippen LogP contribution in [0.2, 0.25) is 0 Å². The summed E-state index contributed by atoms with van der Waals surface area (Å²) in [7, 11) is 0. The second-order valence-electron chi connectivity index (χ2n) is 3.51. The Morgan fingerprint density at radius 1 is 1.40 bits per heavy atom. The molecule has 1 aromatic carbocycles. The number of rotatable bonds is 3. The van der Waals surface area contributed by atoms with Crippen LogP contribution in [0.15, 0.2) is 30.3 Å². The zero-order valence-electron chi connectivity index (χ0n) is 8.97. The second kappa shape index (κ2) is 5.16. The molecule has 0 bridgehead atoms. The number of carbonyl (C=O) groups excluding carboxylic acids is 1. The van der Waals surface area contributed by atoms with Crippen molar-refractivity contribution >= 4 is 11.6 Å². The van der Waals surface area contributed by atoms with Crippen molar-refractivity contribution in [1.29, 1.82) is 0 Å². The van der Waals surface area contributed by atoms with Gasteiger partial charge in [-0.2, -0.15) is 0 Å². The van der Waals surface area contributed by atoms with Crippen molar-refractivity contribution in [1.82, 2.24) is 0 Å². The lowest BCUT2D eigenvalue weighted by molar-refractivity contribution is -0.117. The van der Waals surface area contributed by atoms with Gasteiger partial charge in [0.25, 0.3) is 6.54 Å². The van der Waals surface area contributed by atoms with E-state index >= 15 is 0 Å². The molecular formula is C12H14N2O. The van der Waals surface area contributed by atoms with E-state index in [1.54, 1.807) is 4.90 Å². The Bertz CT molecular complexity index is 365. The summed E-state index contributed by atoms with van der Waals surface area (Å²) in [6.45, 7) is 10.5. The van der Waals surface area contributed by atoms with E-state index in [1.807, 2.05) is 44.2 Å². The van der Waals surface area contributed by atoms with Gasteiger partial charge in [0.1, 0.15) is 0 Å². The van der Waals surface area contributed by atoms with Crippen LogP contribution < -0.4 is 4.90 Å². The highest BCUT2D eigenvalue weighted by Crippen LogP contribution is 2.16. The lowest BCUT2D eigenvalue weighted by Gasteiger charge is -2.24. The van der Waals surface area contributed by atoms with Gasteiger partial charge in [-0.25, -0.2) is 6.57 Å². The molecule has 0 spiro atoms. The van der Waals surface area contributed by atoms with Crippen molar-refractivity contribution in [3.63, 3.8) is 0 Å². The smallest absolute Gasteiger partial charge is 0.306 e. The maximum Gasteiger partial charge on any atom is 0.307 e. The maximum atomic E-state index is 11.7. The normalized spacial score (nSPS) is 9.73. The number of anilines is 1. The molecule has 1 amide bonds. The van der Waals surface area contributed by atoms with Gasteiger partial charge in [-0.05, 0) is 26.0 Å². The Balaban J connectivity index is 2.95. The molecule has 0 N–H and O–H groups in total. The number of amides is 1. The van der Waals surface area contributed by atoms with Crippen LogP contribution in [0, 0.1) is 6.57 Å². The number of benzene rings is 1. The molecule has 0 heterocycles. The lowest BCUT2D eigenvalue weighted by Crippen LogP contribution is -2.38. The standard InChI is InChI=1S/C12H14N2O/c1-10(2)14(12(15)9-13-3)11-7-5-4-6-8-11/h4-8,10H,9H2,1-2H3. The van der Waals surface area contributed by atoms with Gasteiger partial charge in [0.15, 0.2) is 0 Å². The predicted molar refractivity (Wildman–Crippen MR) is 60.5 cm³/mol. The molecule has 3 nitrogen and oxygen atoms in total. The minimum absolute atomic E-state index is 0.0710. The van der Waals surface area contributed by atoms with Gasteiger partial charge in [-0.3, -0.25) is 4.79 Å². The summed E-state index contributed by atoms with van der Waals surface area (Å²) in [5, 5.41) is 0. The summed E-state index contributed by atoms with van der Waals surface area (Å²) in [5.74, 6) is -0.147. The van der Waals surface area contributed by atoms with Crippen molar-refractivity contribution in [2.45, 2.75) is 19.9 Å². The molecule has 0 aliphatic carbocycles. The van der Waals surface area contributed by atoms with Crippen molar-refractivity contribution < 1.29 is 4.79 Å². The Morgan fingerprint density at radius 2 is 2.00 bits per heavy atom. The van der Waals surface area contributed by atoms with E-state index < -0.39 is 0 Å². The third-order valence-electron chi connectivity index (χ3n) is 2.03. The first-order valence-electron chi connectivity index (χ1n) is 4.87. The zero-order valence-corrected chi connectivity index (χ0v) is 8.97. The highest BCUT2D eigenvalue weighted by molar-refractivity contribution is 5.96.